The maximum atomic E-state index is 13.2. The Morgan fingerprint density at radius 2 is 1.78 bits per heavy atom. The van der Waals surface area contributed by atoms with Gasteiger partial charge in [-0.1, -0.05) is 5.57 Å². The number of rotatable bonds is 8. The molecule has 0 spiro atoms. The summed E-state index contributed by atoms with van der Waals surface area (Å²) in [5.74, 6) is -3.66. The Bertz CT molecular complexity index is 582. The van der Waals surface area contributed by atoms with Gasteiger partial charge in [-0.2, -0.15) is 0 Å². The molecule has 0 radical (unpaired) electrons. The molecule has 2 amide bonds. The van der Waals surface area contributed by atoms with Crippen LogP contribution in [0.15, 0.2) is 30.4 Å². The molecule has 0 fully saturated rings. The van der Waals surface area contributed by atoms with E-state index in [1.807, 2.05) is 0 Å². The van der Waals surface area contributed by atoms with Gasteiger partial charge in [0.25, 0.3) is 0 Å². The molecule has 2 atom stereocenters. The molecule has 0 aliphatic heterocycles. The molecule has 0 saturated carbocycles. The number of nitrogens with two attached hydrogens (primary N) is 1. The minimum atomic E-state index is -0.738. The minimum absolute atomic E-state index is 0.226. The highest BCUT2D eigenvalue weighted by molar-refractivity contribution is 5.87. The Morgan fingerprint density at radius 3 is 2.22 bits per heavy atom. The second-order valence-electron chi connectivity index (χ2n) is 5.71. The lowest BCUT2D eigenvalue weighted by molar-refractivity contribution is -0.133. The summed E-state index contributed by atoms with van der Waals surface area (Å²) in [7, 11) is 1.48. The van der Waals surface area contributed by atoms with Gasteiger partial charge in [-0.15, -0.1) is 6.58 Å². The van der Waals surface area contributed by atoms with Crippen LogP contribution in [0.2, 0.25) is 0 Å². The van der Waals surface area contributed by atoms with E-state index in [1.165, 1.54) is 19.2 Å². The predicted octanol–water partition coefficient (Wildman–Crippen LogP) is 2.33. The van der Waals surface area contributed by atoms with Crippen molar-refractivity contribution in [3.05, 3.63) is 47.5 Å². The van der Waals surface area contributed by atoms with Crippen molar-refractivity contribution in [2.24, 2.45) is 17.6 Å². The molecule has 0 aliphatic carbocycles. The lowest BCUT2D eigenvalue weighted by Gasteiger charge is -2.23. The summed E-state index contributed by atoms with van der Waals surface area (Å²) in [6.07, 6.45) is 0.792. The molecular weight excluding hydrogens is 302 g/mol. The van der Waals surface area contributed by atoms with Crippen LogP contribution in [-0.4, -0.2) is 18.9 Å². The smallest absolute Gasteiger partial charge is 0.223 e. The van der Waals surface area contributed by atoms with Gasteiger partial charge >= 0.3 is 0 Å². The first-order valence-electron chi connectivity index (χ1n) is 7.34. The summed E-state index contributed by atoms with van der Waals surface area (Å²) < 4.78 is 26.4. The van der Waals surface area contributed by atoms with Crippen molar-refractivity contribution < 1.29 is 18.4 Å². The van der Waals surface area contributed by atoms with Crippen molar-refractivity contribution in [1.82, 2.24) is 5.32 Å². The standard InChI is InChI=1S/C17H22F2N2O2/c1-10(2)6-15(17(23)21-3)14(16(20)22)5-4-11-7-12(18)9-13(19)8-11/h7-9,14-15H,1,4-6H2,2-3H3,(H2,20,22)(H,21,23)/t14-,15?/m0/s1. The molecule has 1 unspecified atom stereocenters. The third-order valence-corrected chi connectivity index (χ3v) is 3.67. The van der Waals surface area contributed by atoms with E-state index in [0.29, 0.717) is 12.0 Å². The number of carbonyl (C=O) groups excluding carboxylic acids is 2. The molecule has 126 valence electrons. The highest BCUT2D eigenvalue weighted by Gasteiger charge is 2.31. The van der Waals surface area contributed by atoms with Gasteiger partial charge in [0.05, 0.1) is 5.92 Å². The van der Waals surface area contributed by atoms with Crippen LogP contribution in [-0.2, 0) is 16.0 Å². The second-order valence-corrected chi connectivity index (χ2v) is 5.71. The lowest BCUT2D eigenvalue weighted by atomic mass is 9.82. The Labute approximate surface area is 134 Å². The van der Waals surface area contributed by atoms with Gasteiger partial charge in [0.1, 0.15) is 11.6 Å². The number of primary amides is 1. The summed E-state index contributed by atoms with van der Waals surface area (Å²) >= 11 is 0. The Hall–Kier alpha value is -2.24. The summed E-state index contributed by atoms with van der Waals surface area (Å²) in [4.78, 5) is 23.8. The fourth-order valence-electron chi connectivity index (χ4n) is 2.60. The summed E-state index contributed by atoms with van der Waals surface area (Å²) in [5, 5.41) is 2.51. The number of hydrogen-bond donors (Lipinski definition) is 2. The van der Waals surface area contributed by atoms with Crippen molar-refractivity contribution in [1.29, 1.82) is 0 Å². The lowest BCUT2D eigenvalue weighted by Crippen LogP contribution is -2.39. The minimum Gasteiger partial charge on any atom is -0.369 e. The molecule has 0 aliphatic rings. The van der Waals surface area contributed by atoms with Crippen molar-refractivity contribution in [2.75, 3.05) is 7.05 Å². The first-order chi connectivity index (χ1) is 10.7. The van der Waals surface area contributed by atoms with Crippen LogP contribution in [0.4, 0.5) is 8.78 Å². The Balaban J connectivity index is 2.93. The SMILES string of the molecule is C=C(C)CC(C(=O)NC)[C@H](CCc1cc(F)cc(F)c1)C(N)=O. The molecule has 4 nitrogen and oxygen atoms in total. The summed E-state index contributed by atoms with van der Waals surface area (Å²) in [6.45, 7) is 5.52. The van der Waals surface area contributed by atoms with E-state index >= 15 is 0 Å². The van der Waals surface area contributed by atoms with Crippen molar-refractivity contribution in [3.63, 3.8) is 0 Å². The van der Waals surface area contributed by atoms with E-state index in [1.54, 1.807) is 6.92 Å². The highest BCUT2D eigenvalue weighted by atomic mass is 19.1. The van der Waals surface area contributed by atoms with Gasteiger partial charge in [-0.25, -0.2) is 8.78 Å². The summed E-state index contributed by atoms with van der Waals surface area (Å²) in [6, 6.07) is 3.19. The van der Waals surface area contributed by atoms with E-state index in [2.05, 4.69) is 11.9 Å². The molecule has 23 heavy (non-hydrogen) atoms. The third kappa shape index (κ3) is 5.81. The molecule has 0 bridgehead atoms. The van der Waals surface area contributed by atoms with Gasteiger partial charge in [0.15, 0.2) is 0 Å². The fourth-order valence-corrected chi connectivity index (χ4v) is 2.60. The zero-order valence-corrected chi connectivity index (χ0v) is 13.4. The van der Waals surface area contributed by atoms with Crippen molar-refractivity contribution in [2.45, 2.75) is 26.2 Å². The number of halogens is 2. The molecule has 3 N–H and O–H groups in total. The molecule has 0 saturated heterocycles. The topological polar surface area (TPSA) is 72.2 Å². The molecule has 6 heteroatoms. The molecular formula is C17H22F2N2O2. The average Bonchev–Trinajstić information content (AvgIpc) is 2.43. The quantitative estimate of drug-likeness (QED) is 0.720. The Morgan fingerprint density at radius 1 is 1.22 bits per heavy atom. The van der Waals surface area contributed by atoms with Crippen LogP contribution in [0.5, 0.6) is 0 Å². The first kappa shape index (κ1) is 18.8. The van der Waals surface area contributed by atoms with E-state index < -0.39 is 29.4 Å². The zero-order valence-electron chi connectivity index (χ0n) is 13.4. The largest absolute Gasteiger partial charge is 0.369 e. The number of amides is 2. The Kier molecular flexibility index (Phi) is 6.88. The predicted molar refractivity (Wildman–Crippen MR) is 84.4 cm³/mol. The molecule has 0 aromatic heterocycles. The number of nitrogens with one attached hydrogen (secondary N) is 1. The number of benzene rings is 1. The van der Waals surface area contributed by atoms with Crippen LogP contribution in [0.3, 0.4) is 0 Å². The number of carbonyl (C=O) groups is 2. The van der Waals surface area contributed by atoms with Crippen molar-refractivity contribution >= 4 is 11.8 Å². The van der Waals surface area contributed by atoms with Crippen LogP contribution in [0.1, 0.15) is 25.3 Å². The maximum Gasteiger partial charge on any atom is 0.223 e. The maximum absolute atomic E-state index is 13.2. The summed E-state index contributed by atoms with van der Waals surface area (Å²) in [5.41, 5.74) is 6.60. The molecule has 1 aromatic rings. The van der Waals surface area contributed by atoms with E-state index in [4.69, 9.17) is 5.73 Å². The van der Waals surface area contributed by atoms with E-state index in [-0.39, 0.29) is 18.7 Å². The normalized spacial score (nSPS) is 13.2. The van der Waals surface area contributed by atoms with Gasteiger partial charge in [0, 0.05) is 19.0 Å². The van der Waals surface area contributed by atoms with Gasteiger partial charge < -0.3 is 11.1 Å². The van der Waals surface area contributed by atoms with Crippen molar-refractivity contribution in [3.8, 4) is 0 Å². The monoisotopic (exact) mass is 324 g/mol. The van der Waals surface area contributed by atoms with Crippen LogP contribution in [0, 0.1) is 23.5 Å². The number of allylic oxidation sites excluding steroid dienone is 1. The second kappa shape index (κ2) is 8.41. The van der Waals surface area contributed by atoms with Crippen LogP contribution in [0.25, 0.3) is 0 Å². The third-order valence-electron chi connectivity index (χ3n) is 3.67. The van der Waals surface area contributed by atoms with E-state index in [9.17, 15) is 18.4 Å². The highest BCUT2D eigenvalue weighted by Crippen LogP contribution is 2.25. The fraction of sp³-hybridized carbons (Fsp3) is 0.412. The van der Waals surface area contributed by atoms with Gasteiger partial charge in [-0.3, -0.25) is 9.59 Å². The zero-order chi connectivity index (χ0) is 17.6. The van der Waals surface area contributed by atoms with E-state index in [0.717, 1.165) is 11.6 Å². The van der Waals surface area contributed by atoms with Gasteiger partial charge in [-0.05, 0) is 43.9 Å². The van der Waals surface area contributed by atoms with Crippen LogP contribution < -0.4 is 11.1 Å². The molecule has 1 rings (SSSR count). The number of aryl methyl sites for hydroxylation is 1. The number of hydrogen-bond acceptors (Lipinski definition) is 2. The average molecular weight is 324 g/mol. The van der Waals surface area contributed by atoms with Crippen LogP contribution >= 0.6 is 0 Å². The first-order valence-corrected chi connectivity index (χ1v) is 7.34. The molecule has 1 aromatic carbocycles. The van der Waals surface area contributed by atoms with Gasteiger partial charge in [0.2, 0.25) is 11.8 Å². The molecule has 0 heterocycles.